The zero-order valence-corrected chi connectivity index (χ0v) is 9.61. The summed E-state index contributed by atoms with van der Waals surface area (Å²) in [5.41, 5.74) is 1.80. The number of likely N-dealkylation sites (N-methyl/N-ethyl adjacent to an activating group) is 1. The number of rotatable bonds is 4. The summed E-state index contributed by atoms with van der Waals surface area (Å²) in [7, 11) is 2.02. The molecule has 0 spiro atoms. The third kappa shape index (κ3) is 3.69. The van der Waals surface area contributed by atoms with Crippen LogP contribution in [0.15, 0.2) is 36.4 Å². The first-order valence-electron chi connectivity index (χ1n) is 4.75. The smallest absolute Gasteiger partial charge is 0.0991 e. The molecule has 0 bridgehead atoms. The van der Waals surface area contributed by atoms with Gasteiger partial charge in [-0.05, 0) is 24.3 Å². The minimum Gasteiger partial charge on any atom is -0.371 e. The largest absolute Gasteiger partial charge is 0.371 e. The van der Waals surface area contributed by atoms with E-state index in [1.165, 1.54) is 0 Å². The van der Waals surface area contributed by atoms with E-state index in [4.69, 9.17) is 5.26 Å². The van der Waals surface area contributed by atoms with Gasteiger partial charge in [-0.2, -0.15) is 17.9 Å². The molecule has 0 radical (unpaired) electrons. The zero-order valence-electron chi connectivity index (χ0n) is 8.72. The molecular formula is C12H14N2S. The van der Waals surface area contributed by atoms with Gasteiger partial charge in [0, 0.05) is 25.0 Å². The van der Waals surface area contributed by atoms with Crippen LogP contribution in [0.25, 0.3) is 0 Å². The summed E-state index contributed by atoms with van der Waals surface area (Å²) < 4.78 is 0. The van der Waals surface area contributed by atoms with Crippen LogP contribution in [0.2, 0.25) is 0 Å². The van der Waals surface area contributed by atoms with E-state index in [9.17, 15) is 0 Å². The molecule has 0 atom stereocenters. The predicted octanol–water partition coefficient (Wildman–Crippen LogP) is 2.48. The van der Waals surface area contributed by atoms with E-state index >= 15 is 0 Å². The highest BCUT2D eigenvalue weighted by atomic mass is 32.1. The second-order valence-electron chi connectivity index (χ2n) is 3.19. The lowest BCUT2D eigenvalue weighted by Crippen LogP contribution is -2.16. The summed E-state index contributed by atoms with van der Waals surface area (Å²) in [5.74, 6) is 0.765. The molecule has 0 heterocycles. The molecule has 1 rings (SSSR count). The van der Waals surface area contributed by atoms with Gasteiger partial charge >= 0.3 is 0 Å². The second kappa shape index (κ2) is 6.15. The molecule has 2 nitrogen and oxygen atoms in total. The first-order chi connectivity index (χ1) is 7.27. The highest BCUT2D eigenvalue weighted by Gasteiger charge is 1.97. The van der Waals surface area contributed by atoms with Crippen molar-refractivity contribution in [2.45, 2.75) is 0 Å². The van der Waals surface area contributed by atoms with Gasteiger partial charge in [0.2, 0.25) is 0 Å². The summed E-state index contributed by atoms with van der Waals surface area (Å²) in [6, 6.07) is 9.66. The molecule has 15 heavy (non-hydrogen) atoms. The molecule has 0 N–H and O–H groups in total. The molecular weight excluding hydrogens is 204 g/mol. The predicted molar refractivity (Wildman–Crippen MR) is 67.4 cm³/mol. The van der Waals surface area contributed by atoms with Crippen LogP contribution in [0.1, 0.15) is 5.56 Å². The van der Waals surface area contributed by atoms with Gasteiger partial charge in [-0.25, -0.2) is 0 Å². The van der Waals surface area contributed by atoms with Crippen molar-refractivity contribution in [3.63, 3.8) is 0 Å². The van der Waals surface area contributed by atoms with E-state index in [2.05, 4.69) is 29.7 Å². The monoisotopic (exact) mass is 218 g/mol. The van der Waals surface area contributed by atoms with Crippen LogP contribution >= 0.6 is 12.6 Å². The minimum absolute atomic E-state index is 0.693. The van der Waals surface area contributed by atoms with Crippen molar-refractivity contribution in [2.24, 2.45) is 0 Å². The molecule has 0 unspecified atom stereocenters. The molecule has 0 aliphatic carbocycles. The molecule has 0 amide bonds. The maximum Gasteiger partial charge on any atom is 0.0991 e. The molecule has 3 heteroatoms. The van der Waals surface area contributed by atoms with E-state index in [1.807, 2.05) is 37.4 Å². The van der Waals surface area contributed by atoms with Gasteiger partial charge in [0.1, 0.15) is 0 Å². The Hall–Kier alpha value is -1.40. The fraction of sp³-hybridized carbons (Fsp3) is 0.250. The molecule has 0 saturated heterocycles. The molecule has 0 saturated carbocycles. The van der Waals surface area contributed by atoms with Gasteiger partial charge in [0.25, 0.3) is 0 Å². The standard InChI is InChI=1S/C12H14N2S/c1-14(8-2-3-9-15)12-6-4-11(10-13)5-7-12/h2-7,15H,8-9H2,1H3. The topological polar surface area (TPSA) is 27.0 Å². The quantitative estimate of drug-likeness (QED) is 0.621. The van der Waals surface area contributed by atoms with Crippen LogP contribution in [-0.2, 0) is 0 Å². The summed E-state index contributed by atoms with van der Waals surface area (Å²) in [6.45, 7) is 0.854. The SMILES string of the molecule is CN(CC=CCS)c1ccc(C#N)cc1. The van der Waals surface area contributed by atoms with Crippen LogP contribution in [-0.4, -0.2) is 19.3 Å². The Balaban J connectivity index is 2.62. The molecule has 1 aromatic rings. The normalized spacial score (nSPS) is 10.2. The Bertz CT molecular complexity index is 362. The summed E-state index contributed by atoms with van der Waals surface area (Å²) in [5, 5.41) is 8.66. The number of nitrogens with zero attached hydrogens (tertiary/aromatic N) is 2. The van der Waals surface area contributed by atoms with Gasteiger partial charge in [0.15, 0.2) is 0 Å². The molecule has 0 aliphatic rings. The third-order valence-electron chi connectivity index (χ3n) is 2.09. The molecule has 0 aromatic heterocycles. The Kier molecular flexibility index (Phi) is 4.79. The van der Waals surface area contributed by atoms with Crippen LogP contribution in [0.3, 0.4) is 0 Å². The lowest BCUT2D eigenvalue weighted by atomic mass is 10.2. The minimum atomic E-state index is 0.693. The van der Waals surface area contributed by atoms with Crippen molar-refractivity contribution in [2.75, 3.05) is 24.2 Å². The van der Waals surface area contributed by atoms with Crippen molar-refractivity contribution in [3.05, 3.63) is 42.0 Å². The maximum absolute atomic E-state index is 8.66. The summed E-state index contributed by atoms with van der Waals surface area (Å²) in [4.78, 5) is 2.11. The average Bonchev–Trinajstić information content (AvgIpc) is 2.29. The van der Waals surface area contributed by atoms with Gasteiger partial charge in [-0.15, -0.1) is 0 Å². The van der Waals surface area contributed by atoms with Crippen molar-refractivity contribution in [3.8, 4) is 6.07 Å². The van der Waals surface area contributed by atoms with E-state index in [0.717, 1.165) is 18.0 Å². The second-order valence-corrected chi connectivity index (χ2v) is 3.56. The first-order valence-corrected chi connectivity index (χ1v) is 5.38. The van der Waals surface area contributed by atoms with Crippen molar-refractivity contribution >= 4 is 18.3 Å². The Morgan fingerprint density at radius 3 is 2.53 bits per heavy atom. The third-order valence-corrected chi connectivity index (χ3v) is 2.30. The van der Waals surface area contributed by atoms with Gasteiger partial charge in [0.05, 0.1) is 11.6 Å². The van der Waals surface area contributed by atoms with E-state index < -0.39 is 0 Å². The molecule has 1 aromatic carbocycles. The summed E-state index contributed by atoms with van der Waals surface area (Å²) >= 11 is 4.10. The van der Waals surface area contributed by atoms with Gasteiger partial charge in [-0.1, -0.05) is 12.2 Å². The van der Waals surface area contributed by atoms with Crippen LogP contribution in [0.4, 0.5) is 5.69 Å². The van der Waals surface area contributed by atoms with Crippen molar-refractivity contribution in [1.82, 2.24) is 0 Å². The Morgan fingerprint density at radius 2 is 2.00 bits per heavy atom. The number of hydrogen-bond acceptors (Lipinski definition) is 3. The first kappa shape index (κ1) is 11.7. The van der Waals surface area contributed by atoms with Crippen molar-refractivity contribution in [1.29, 1.82) is 5.26 Å². The average molecular weight is 218 g/mol. The highest BCUT2D eigenvalue weighted by Crippen LogP contribution is 2.12. The fourth-order valence-electron chi connectivity index (χ4n) is 1.20. The number of anilines is 1. The van der Waals surface area contributed by atoms with Crippen LogP contribution in [0.5, 0.6) is 0 Å². The fourth-order valence-corrected chi connectivity index (χ4v) is 1.35. The Labute approximate surface area is 96.2 Å². The van der Waals surface area contributed by atoms with Crippen molar-refractivity contribution < 1.29 is 0 Å². The van der Waals surface area contributed by atoms with Crippen LogP contribution in [0, 0.1) is 11.3 Å². The summed E-state index contributed by atoms with van der Waals surface area (Å²) in [6.07, 6.45) is 4.09. The number of benzene rings is 1. The molecule has 0 fully saturated rings. The van der Waals surface area contributed by atoms with E-state index in [-0.39, 0.29) is 0 Å². The number of thiol groups is 1. The van der Waals surface area contributed by atoms with Gasteiger partial charge < -0.3 is 4.90 Å². The van der Waals surface area contributed by atoms with Crippen LogP contribution < -0.4 is 4.90 Å². The van der Waals surface area contributed by atoms with E-state index in [1.54, 1.807) is 0 Å². The maximum atomic E-state index is 8.66. The molecule has 0 aliphatic heterocycles. The highest BCUT2D eigenvalue weighted by molar-refractivity contribution is 7.80. The lowest BCUT2D eigenvalue weighted by Gasteiger charge is -2.16. The Morgan fingerprint density at radius 1 is 1.33 bits per heavy atom. The van der Waals surface area contributed by atoms with E-state index in [0.29, 0.717) is 5.56 Å². The number of hydrogen-bond donors (Lipinski definition) is 1. The van der Waals surface area contributed by atoms with Gasteiger partial charge in [-0.3, -0.25) is 0 Å². The molecule has 78 valence electrons. The number of nitriles is 1. The zero-order chi connectivity index (χ0) is 11.1. The lowest BCUT2D eigenvalue weighted by molar-refractivity contribution is 1.03.